The molecule has 18 heavy (non-hydrogen) atoms. The van der Waals surface area contributed by atoms with Gasteiger partial charge in [0.25, 0.3) is 0 Å². The van der Waals surface area contributed by atoms with Crippen LogP contribution in [0.2, 0.25) is 0 Å². The van der Waals surface area contributed by atoms with Gasteiger partial charge in [-0.05, 0) is 38.1 Å². The lowest BCUT2D eigenvalue weighted by Crippen LogP contribution is -2.36. The Labute approximate surface area is 113 Å². The molecule has 1 unspecified atom stereocenters. The van der Waals surface area contributed by atoms with E-state index in [-0.39, 0.29) is 0 Å². The summed E-state index contributed by atoms with van der Waals surface area (Å²) in [7, 11) is 3.80. The molecular weight excluding hydrogens is 226 g/mol. The lowest BCUT2D eigenvalue weighted by atomic mass is 9.77. The summed E-state index contributed by atoms with van der Waals surface area (Å²) in [6, 6.07) is 0.630. The van der Waals surface area contributed by atoms with Crippen LogP contribution in [-0.4, -0.2) is 40.0 Å². The number of rotatable bonds is 9. The molecule has 0 spiro atoms. The molecule has 0 heterocycles. The number of ether oxygens (including phenoxy) is 2. The monoisotopic (exact) mass is 257 g/mol. The minimum atomic E-state index is 0.630. The summed E-state index contributed by atoms with van der Waals surface area (Å²) in [5.41, 5.74) is 0. The van der Waals surface area contributed by atoms with Gasteiger partial charge in [0.2, 0.25) is 0 Å². The molecule has 0 aromatic carbocycles. The Hall–Kier alpha value is -0.120. The summed E-state index contributed by atoms with van der Waals surface area (Å²) in [6.07, 6.45) is 8.11. The Kier molecular flexibility index (Phi) is 8.64. The molecule has 0 radical (unpaired) electrons. The van der Waals surface area contributed by atoms with E-state index in [9.17, 15) is 0 Å². The van der Waals surface area contributed by atoms with Gasteiger partial charge in [0.15, 0.2) is 0 Å². The molecular formula is C15H31NO2. The third-order valence-corrected chi connectivity index (χ3v) is 4.41. The van der Waals surface area contributed by atoms with Gasteiger partial charge in [-0.3, -0.25) is 0 Å². The molecule has 1 aliphatic carbocycles. The molecule has 1 rings (SSSR count). The van der Waals surface area contributed by atoms with Crippen LogP contribution in [-0.2, 0) is 9.47 Å². The average Bonchev–Trinajstić information content (AvgIpc) is 2.43. The summed E-state index contributed by atoms with van der Waals surface area (Å²) >= 11 is 0. The summed E-state index contributed by atoms with van der Waals surface area (Å²) in [6.45, 7) is 4.59. The molecule has 3 heteroatoms. The predicted molar refractivity (Wildman–Crippen MR) is 75.9 cm³/mol. The maximum Gasteiger partial charge on any atom is 0.0700 e. The highest BCUT2D eigenvalue weighted by Crippen LogP contribution is 2.33. The fraction of sp³-hybridized carbons (Fsp3) is 1.00. The highest BCUT2D eigenvalue weighted by molar-refractivity contribution is 4.80. The maximum atomic E-state index is 5.57. The minimum Gasteiger partial charge on any atom is -0.382 e. The van der Waals surface area contributed by atoms with Gasteiger partial charge in [0.05, 0.1) is 13.2 Å². The number of hydrogen-bond acceptors (Lipinski definition) is 3. The standard InChI is InChI=1S/C15H31NO2/c1-4-13-5-7-14(8-6-13)15(16-2)9-10-18-12-11-17-3/h13-16H,4-12H2,1-3H3. The number of hydrogen-bond donors (Lipinski definition) is 1. The van der Waals surface area contributed by atoms with Crippen molar-refractivity contribution in [1.29, 1.82) is 0 Å². The zero-order valence-corrected chi connectivity index (χ0v) is 12.4. The van der Waals surface area contributed by atoms with Crippen molar-refractivity contribution >= 4 is 0 Å². The predicted octanol–water partition coefficient (Wildman–Crippen LogP) is 2.84. The van der Waals surface area contributed by atoms with Gasteiger partial charge >= 0.3 is 0 Å². The van der Waals surface area contributed by atoms with Gasteiger partial charge in [-0.2, -0.15) is 0 Å². The Morgan fingerprint density at radius 3 is 2.39 bits per heavy atom. The quantitative estimate of drug-likeness (QED) is 0.644. The van der Waals surface area contributed by atoms with Crippen LogP contribution in [0.25, 0.3) is 0 Å². The fourth-order valence-electron chi connectivity index (χ4n) is 3.07. The number of methoxy groups -OCH3 is 1. The van der Waals surface area contributed by atoms with Crippen molar-refractivity contribution in [2.45, 2.75) is 51.5 Å². The highest BCUT2D eigenvalue weighted by Gasteiger charge is 2.25. The van der Waals surface area contributed by atoms with Gasteiger partial charge < -0.3 is 14.8 Å². The average molecular weight is 257 g/mol. The third kappa shape index (κ3) is 5.68. The van der Waals surface area contributed by atoms with E-state index >= 15 is 0 Å². The molecule has 0 aromatic heterocycles. The highest BCUT2D eigenvalue weighted by atomic mass is 16.5. The fourth-order valence-corrected chi connectivity index (χ4v) is 3.07. The van der Waals surface area contributed by atoms with Crippen LogP contribution in [0.3, 0.4) is 0 Å². The Morgan fingerprint density at radius 1 is 1.11 bits per heavy atom. The second kappa shape index (κ2) is 9.76. The molecule has 1 fully saturated rings. The smallest absolute Gasteiger partial charge is 0.0700 e. The Morgan fingerprint density at radius 2 is 1.83 bits per heavy atom. The van der Waals surface area contributed by atoms with Crippen molar-refractivity contribution in [2.75, 3.05) is 34.0 Å². The van der Waals surface area contributed by atoms with Crippen LogP contribution in [0, 0.1) is 11.8 Å². The van der Waals surface area contributed by atoms with Crippen molar-refractivity contribution in [1.82, 2.24) is 5.32 Å². The zero-order chi connectivity index (χ0) is 13.2. The second-order valence-electron chi connectivity index (χ2n) is 5.48. The second-order valence-corrected chi connectivity index (χ2v) is 5.48. The Balaban J connectivity index is 2.16. The molecule has 1 atom stereocenters. The topological polar surface area (TPSA) is 30.5 Å². The van der Waals surface area contributed by atoms with Gasteiger partial charge in [0.1, 0.15) is 0 Å². The van der Waals surface area contributed by atoms with Crippen molar-refractivity contribution in [3.05, 3.63) is 0 Å². The van der Waals surface area contributed by atoms with Crippen LogP contribution in [0.5, 0.6) is 0 Å². The van der Waals surface area contributed by atoms with Crippen LogP contribution in [0.4, 0.5) is 0 Å². The van der Waals surface area contributed by atoms with Gasteiger partial charge in [-0.25, -0.2) is 0 Å². The molecule has 0 aliphatic heterocycles. The van der Waals surface area contributed by atoms with Crippen molar-refractivity contribution in [2.24, 2.45) is 11.8 Å². The molecule has 1 N–H and O–H groups in total. The molecule has 108 valence electrons. The minimum absolute atomic E-state index is 0.630. The van der Waals surface area contributed by atoms with Gasteiger partial charge in [-0.1, -0.05) is 26.2 Å². The molecule has 1 aliphatic rings. The first-order chi connectivity index (χ1) is 8.81. The first-order valence-corrected chi connectivity index (χ1v) is 7.55. The van der Waals surface area contributed by atoms with E-state index in [4.69, 9.17) is 9.47 Å². The van der Waals surface area contributed by atoms with E-state index in [0.717, 1.165) is 31.5 Å². The number of nitrogens with one attached hydrogen (secondary N) is 1. The first kappa shape index (κ1) is 15.9. The molecule has 0 saturated heterocycles. The molecule has 0 aromatic rings. The first-order valence-electron chi connectivity index (χ1n) is 7.55. The molecule has 1 saturated carbocycles. The third-order valence-electron chi connectivity index (χ3n) is 4.41. The summed E-state index contributed by atoms with van der Waals surface area (Å²) in [5, 5.41) is 3.48. The van der Waals surface area contributed by atoms with Crippen molar-refractivity contribution in [3.8, 4) is 0 Å². The van der Waals surface area contributed by atoms with Crippen LogP contribution >= 0.6 is 0 Å². The van der Waals surface area contributed by atoms with Crippen LogP contribution in [0.1, 0.15) is 45.4 Å². The maximum absolute atomic E-state index is 5.57. The van der Waals surface area contributed by atoms with E-state index in [1.807, 2.05) is 0 Å². The molecule has 0 amide bonds. The zero-order valence-electron chi connectivity index (χ0n) is 12.4. The lowest BCUT2D eigenvalue weighted by molar-refractivity contribution is 0.0610. The molecule has 3 nitrogen and oxygen atoms in total. The summed E-state index contributed by atoms with van der Waals surface area (Å²) in [5.74, 6) is 1.83. The Bertz CT molecular complexity index is 191. The SMILES string of the molecule is CCC1CCC(C(CCOCCOC)NC)CC1. The van der Waals surface area contributed by atoms with E-state index in [0.29, 0.717) is 12.6 Å². The molecule has 0 bridgehead atoms. The largest absolute Gasteiger partial charge is 0.382 e. The lowest BCUT2D eigenvalue weighted by Gasteiger charge is -2.33. The van der Waals surface area contributed by atoms with E-state index in [1.54, 1.807) is 7.11 Å². The van der Waals surface area contributed by atoms with Crippen LogP contribution < -0.4 is 5.32 Å². The van der Waals surface area contributed by atoms with Crippen molar-refractivity contribution < 1.29 is 9.47 Å². The van der Waals surface area contributed by atoms with E-state index < -0.39 is 0 Å². The normalized spacial score (nSPS) is 26.2. The van der Waals surface area contributed by atoms with Crippen LogP contribution in [0.15, 0.2) is 0 Å². The van der Waals surface area contributed by atoms with E-state index in [1.165, 1.54) is 32.1 Å². The van der Waals surface area contributed by atoms with Gasteiger partial charge in [-0.15, -0.1) is 0 Å². The van der Waals surface area contributed by atoms with Crippen molar-refractivity contribution in [3.63, 3.8) is 0 Å². The summed E-state index contributed by atoms with van der Waals surface area (Å²) in [4.78, 5) is 0. The van der Waals surface area contributed by atoms with Gasteiger partial charge in [0, 0.05) is 19.8 Å². The summed E-state index contributed by atoms with van der Waals surface area (Å²) < 4.78 is 10.5. The van der Waals surface area contributed by atoms with E-state index in [2.05, 4.69) is 19.3 Å².